The molecule has 2 saturated heterocycles. The van der Waals surface area contributed by atoms with E-state index in [1.807, 2.05) is 4.90 Å². The van der Waals surface area contributed by atoms with E-state index in [1.54, 1.807) is 0 Å². The Bertz CT molecular complexity index is 634. The van der Waals surface area contributed by atoms with Crippen LogP contribution < -0.4 is 0 Å². The number of aliphatic carboxylic acids is 1. The van der Waals surface area contributed by atoms with Gasteiger partial charge in [-0.3, -0.25) is 14.5 Å². The van der Waals surface area contributed by atoms with Crippen LogP contribution in [-0.4, -0.2) is 58.4 Å². The fourth-order valence-corrected chi connectivity index (χ4v) is 6.07. The van der Waals surface area contributed by atoms with Gasteiger partial charge in [0.15, 0.2) is 0 Å². The molecule has 0 radical (unpaired) electrons. The molecule has 2 aliphatic carbocycles. The predicted octanol–water partition coefficient (Wildman–Crippen LogP) is 1.82. The number of ether oxygens (including phenoxy) is 1. The van der Waals surface area contributed by atoms with Gasteiger partial charge in [-0.1, -0.05) is 19.1 Å². The molecular formula is C20H29NO5. The molecule has 2 N–H and O–H groups in total. The van der Waals surface area contributed by atoms with Crippen molar-refractivity contribution in [3.8, 4) is 0 Å². The average molecular weight is 363 g/mol. The lowest BCUT2D eigenvalue weighted by molar-refractivity contribution is -0.153. The van der Waals surface area contributed by atoms with E-state index in [9.17, 15) is 19.8 Å². The SMILES string of the molecule is C=C1CC[C@@H](O)[C@]2(C)CC[C@@H]3[C@H](OC(=O)[C@H]3CN3CCC[C@H]3C(=O)O)[C@@H]12. The first kappa shape index (κ1) is 18.0. The van der Waals surface area contributed by atoms with Crippen LogP contribution in [0.5, 0.6) is 0 Å². The number of esters is 1. The van der Waals surface area contributed by atoms with E-state index < -0.39 is 12.0 Å². The van der Waals surface area contributed by atoms with Crippen LogP contribution in [0.25, 0.3) is 0 Å². The number of likely N-dealkylation sites (tertiary alicyclic amines) is 1. The van der Waals surface area contributed by atoms with Crippen LogP contribution in [0, 0.1) is 23.2 Å². The van der Waals surface area contributed by atoms with Crippen molar-refractivity contribution < 1.29 is 24.5 Å². The summed E-state index contributed by atoms with van der Waals surface area (Å²) in [5.41, 5.74) is 0.814. The molecule has 0 amide bonds. The molecule has 0 aromatic rings. The fraction of sp³-hybridized carbons (Fsp3) is 0.800. The molecule has 0 bridgehead atoms. The summed E-state index contributed by atoms with van der Waals surface area (Å²) in [6.07, 6.45) is 4.10. The number of aliphatic hydroxyl groups excluding tert-OH is 1. The summed E-state index contributed by atoms with van der Waals surface area (Å²) in [6, 6.07) is -0.484. The highest BCUT2D eigenvalue weighted by Crippen LogP contribution is 2.57. The number of carboxylic acids is 1. The van der Waals surface area contributed by atoms with Gasteiger partial charge in [0.2, 0.25) is 0 Å². The summed E-state index contributed by atoms with van der Waals surface area (Å²) >= 11 is 0. The molecule has 0 spiro atoms. The first-order valence-electron chi connectivity index (χ1n) is 9.86. The van der Waals surface area contributed by atoms with Crippen molar-refractivity contribution in [2.75, 3.05) is 13.1 Å². The van der Waals surface area contributed by atoms with Gasteiger partial charge >= 0.3 is 11.9 Å². The Kier molecular flexibility index (Phi) is 4.39. The normalized spacial score (nSPS) is 45.9. The van der Waals surface area contributed by atoms with Crippen molar-refractivity contribution in [2.45, 2.75) is 63.7 Å². The van der Waals surface area contributed by atoms with Crippen LogP contribution in [0.1, 0.15) is 45.4 Å². The number of fused-ring (bicyclic) bond motifs is 3. The number of carbonyl (C=O) groups excluding carboxylic acids is 1. The second-order valence-corrected chi connectivity index (χ2v) is 8.90. The standard InChI is InChI=1S/C20H29NO5/c1-11-5-6-15(22)20(2)8-7-12-13(19(25)26-17(12)16(11)20)10-21-9-3-4-14(21)18(23)24/h12-17,22H,1,3-10H2,2H3,(H,23,24)/t12-,13-,14-,15+,16+,17-,20-/m0/s1. The van der Waals surface area contributed by atoms with Gasteiger partial charge in [-0.2, -0.15) is 0 Å². The van der Waals surface area contributed by atoms with Gasteiger partial charge in [-0.15, -0.1) is 0 Å². The molecule has 0 unspecified atom stereocenters. The number of carbonyl (C=O) groups is 2. The highest BCUT2D eigenvalue weighted by atomic mass is 16.6. The van der Waals surface area contributed by atoms with Crippen molar-refractivity contribution >= 4 is 11.9 Å². The van der Waals surface area contributed by atoms with Crippen molar-refractivity contribution in [1.29, 1.82) is 0 Å². The van der Waals surface area contributed by atoms with Gasteiger partial charge in [-0.25, -0.2) is 0 Å². The van der Waals surface area contributed by atoms with E-state index in [0.717, 1.165) is 44.2 Å². The number of hydrogen-bond acceptors (Lipinski definition) is 5. The highest BCUT2D eigenvalue weighted by Gasteiger charge is 2.60. The summed E-state index contributed by atoms with van der Waals surface area (Å²) in [5.74, 6) is -1.17. The molecular weight excluding hydrogens is 334 g/mol. The summed E-state index contributed by atoms with van der Waals surface area (Å²) in [5, 5.41) is 20.0. The maximum Gasteiger partial charge on any atom is 0.320 e. The molecule has 144 valence electrons. The van der Waals surface area contributed by atoms with Crippen LogP contribution in [0.15, 0.2) is 12.2 Å². The number of rotatable bonds is 3. The first-order valence-corrected chi connectivity index (χ1v) is 9.86. The molecule has 2 saturated carbocycles. The summed E-state index contributed by atoms with van der Waals surface area (Å²) in [6.45, 7) is 7.53. The lowest BCUT2D eigenvalue weighted by Gasteiger charge is -2.53. The van der Waals surface area contributed by atoms with Gasteiger partial charge in [-0.05, 0) is 45.1 Å². The van der Waals surface area contributed by atoms with E-state index >= 15 is 0 Å². The smallest absolute Gasteiger partial charge is 0.320 e. The third kappa shape index (κ3) is 2.61. The molecule has 0 aromatic carbocycles. The Morgan fingerprint density at radius 3 is 2.88 bits per heavy atom. The van der Waals surface area contributed by atoms with E-state index in [-0.39, 0.29) is 41.3 Å². The minimum Gasteiger partial charge on any atom is -0.480 e. The Balaban J connectivity index is 1.55. The summed E-state index contributed by atoms with van der Waals surface area (Å²) in [4.78, 5) is 26.1. The maximum atomic E-state index is 12.7. The molecule has 7 atom stereocenters. The summed E-state index contributed by atoms with van der Waals surface area (Å²) in [7, 11) is 0. The maximum absolute atomic E-state index is 12.7. The molecule has 0 aromatic heterocycles. The van der Waals surface area contributed by atoms with Gasteiger partial charge < -0.3 is 14.9 Å². The molecule has 4 aliphatic rings. The first-order chi connectivity index (χ1) is 12.3. The van der Waals surface area contributed by atoms with Crippen LogP contribution in [-0.2, 0) is 14.3 Å². The van der Waals surface area contributed by atoms with E-state index in [0.29, 0.717) is 13.0 Å². The molecule has 2 aliphatic heterocycles. The molecule has 4 rings (SSSR count). The Hall–Kier alpha value is -1.40. The zero-order valence-electron chi connectivity index (χ0n) is 15.4. The zero-order valence-corrected chi connectivity index (χ0v) is 15.4. The quantitative estimate of drug-likeness (QED) is 0.587. The molecule has 4 fully saturated rings. The van der Waals surface area contributed by atoms with Gasteiger partial charge in [0.1, 0.15) is 12.1 Å². The van der Waals surface area contributed by atoms with Crippen LogP contribution in [0.2, 0.25) is 0 Å². The molecule has 2 heterocycles. The lowest BCUT2D eigenvalue weighted by Crippen LogP contribution is -2.54. The second-order valence-electron chi connectivity index (χ2n) is 8.90. The fourth-order valence-electron chi connectivity index (χ4n) is 6.07. The number of carboxylic acid groups (broad SMARTS) is 1. The average Bonchev–Trinajstić information content (AvgIpc) is 3.16. The van der Waals surface area contributed by atoms with Crippen LogP contribution >= 0.6 is 0 Å². The third-order valence-corrected chi connectivity index (χ3v) is 7.57. The molecule has 26 heavy (non-hydrogen) atoms. The minimum absolute atomic E-state index is 0.00722. The molecule has 6 heteroatoms. The van der Waals surface area contributed by atoms with Gasteiger partial charge in [0.05, 0.1) is 12.0 Å². The number of aliphatic hydroxyl groups is 1. The zero-order chi connectivity index (χ0) is 18.6. The third-order valence-electron chi connectivity index (χ3n) is 7.57. The largest absolute Gasteiger partial charge is 0.480 e. The number of nitrogens with zero attached hydrogens (tertiary/aromatic N) is 1. The van der Waals surface area contributed by atoms with Crippen LogP contribution in [0.4, 0.5) is 0 Å². The topological polar surface area (TPSA) is 87.1 Å². The van der Waals surface area contributed by atoms with Crippen molar-refractivity contribution in [1.82, 2.24) is 4.90 Å². The Morgan fingerprint density at radius 1 is 1.38 bits per heavy atom. The van der Waals surface area contributed by atoms with E-state index in [2.05, 4.69) is 13.5 Å². The monoisotopic (exact) mass is 363 g/mol. The molecule has 6 nitrogen and oxygen atoms in total. The second kappa shape index (κ2) is 6.34. The predicted molar refractivity (Wildman–Crippen MR) is 94.3 cm³/mol. The van der Waals surface area contributed by atoms with Gasteiger partial charge in [0.25, 0.3) is 0 Å². The highest BCUT2D eigenvalue weighted by molar-refractivity contribution is 5.77. The van der Waals surface area contributed by atoms with Gasteiger partial charge in [0, 0.05) is 23.8 Å². The lowest BCUT2D eigenvalue weighted by atomic mass is 9.53. The summed E-state index contributed by atoms with van der Waals surface area (Å²) < 4.78 is 5.85. The van der Waals surface area contributed by atoms with Crippen molar-refractivity contribution in [3.63, 3.8) is 0 Å². The van der Waals surface area contributed by atoms with E-state index in [4.69, 9.17) is 4.74 Å². The van der Waals surface area contributed by atoms with E-state index in [1.165, 1.54) is 0 Å². The van der Waals surface area contributed by atoms with Crippen LogP contribution in [0.3, 0.4) is 0 Å². The van der Waals surface area contributed by atoms with Crippen molar-refractivity contribution in [2.24, 2.45) is 23.2 Å². The minimum atomic E-state index is -0.801. The Morgan fingerprint density at radius 2 is 2.15 bits per heavy atom. The number of hydrogen-bond donors (Lipinski definition) is 2. The van der Waals surface area contributed by atoms with Crippen molar-refractivity contribution in [3.05, 3.63) is 12.2 Å². The Labute approximate surface area is 154 Å².